The van der Waals surface area contributed by atoms with Gasteiger partial charge >= 0.3 is 0 Å². The molecule has 116 valence electrons. The zero-order valence-corrected chi connectivity index (χ0v) is 12.8. The number of carbonyl (C=O) groups excluding carboxylic acids is 1. The van der Waals surface area contributed by atoms with Crippen molar-refractivity contribution in [3.8, 4) is 11.5 Å². The fourth-order valence-corrected chi connectivity index (χ4v) is 2.51. The summed E-state index contributed by atoms with van der Waals surface area (Å²) in [6.45, 7) is 6.60. The molecule has 0 radical (unpaired) electrons. The number of phenols is 1. The maximum Gasteiger partial charge on any atom is 0.239 e. The van der Waals surface area contributed by atoms with Crippen molar-refractivity contribution < 1.29 is 14.6 Å². The Morgan fingerprint density at radius 3 is 2.81 bits per heavy atom. The van der Waals surface area contributed by atoms with Gasteiger partial charge in [0.05, 0.1) is 12.6 Å². The molecule has 1 heterocycles. The van der Waals surface area contributed by atoms with E-state index in [-0.39, 0.29) is 17.7 Å². The molecule has 2 rings (SSSR count). The van der Waals surface area contributed by atoms with Gasteiger partial charge in [0.2, 0.25) is 5.91 Å². The van der Waals surface area contributed by atoms with Gasteiger partial charge in [-0.15, -0.1) is 0 Å². The fourth-order valence-electron chi connectivity index (χ4n) is 2.51. The lowest BCUT2D eigenvalue weighted by atomic mass is 10.2. The number of carbonyl (C=O) groups is 1. The number of hydrogen-bond acceptors (Lipinski definition) is 4. The molecule has 1 atom stereocenters. The first-order chi connectivity index (χ1) is 10.1. The first kappa shape index (κ1) is 15.6. The Balaban J connectivity index is 1.89. The Morgan fingerprint density at radius 1 is 1.43 bits per heavy atom. The number of ether oxygens (including phenoxy) is 1. The van der Waals surface area contributed by atoms with Gasteiger partial charge in [-0.2, -0.15) is 0 Å². The van der Waals surface area contributed by atoms with Crippen LogP contribution in [0.15, 0.2) is 18.2 Å². The minimum atomic E-state index is -0.201. The predicted molar refractivity (Wildman–Crippen MR) is 81.4 cm³/mol. The average molecular weight is 292 g/mol. The minimum Gasteiger partial charge on any atom is -0.504 e. The molecule has 1 unspecified atom stereocenters. The number of amides is 1. The average Bonchev–Trinajstić information content (AvgIpc) is 3.01. The highest BCUT2D eigenvalue weighted by molar-refractivity contribution is 5.81. The topological polar surface area (TPSA) is 61.8 Å². The molecular formula is C16H24N2O3. The fraction of sp³-hybridized carbons (Fsp3) is 0.562. The van der Waals surface area contributed by atoms with E-state index >= 15 is 0 Å². The molecule has 1 aromatic rings. The summed E-state index contributed by atoms with van der Waals surface area (Å²) in [6.07, 6.45) is 2.21. The van der Waals surface area contributed by atoms with Gasteiger partial charge in [0.1, 0.15) is 0 Å². The SMILES string of the molecule is CCOc1cc(CNC(C)C(=O)N2CCCC2)ccc1O. The van der Waals surface area contributed by atoms with E-state index in [1.165, 1.54) is 0 Å². The summed E-state index contributed by atoms with van der Waals surface area (Å²) in [7, 11) is 0. The number of aromatic hydroxyl groups is 1. The van der Waals surface area contributed by atoms with E-state index in [9.17, 15) is 9.90 Å². The van der Waals surface area contributed by atoms with E-state index in [4.69, 9.17) is 4.74 Å². The van der Waals surface area contributed by atoms with E-state index in [0.29, 0.717) is 18.9 Å². The van der Waals surface area contributed by atoms with Crippen molar-refractivity contribution in [1.29, 1.82) is 0 Å². The lowest BCUT2D eigenvalue weighted by Gasteiger charge is -2.21. The van der Waals surface area contributed by atoms with Crippen molar-refractivity contribution in [3.05, 3.63) is 23.8 Å². The van der Waals surface area contributed by atoms with E-state index in [0.717, 1.165) is 31.5 Å². The Bertz CT molecular complexity index is 484. The summed E-state index contributed by atoms with van der Waals surface area (Å²) in [5.41, 5.74) is 0.984. The van der Waals surface area contributed by atoms with Crippen LogP contribution in [-0.2, 0) is 11.3 Å². The van der Waals surface area contributed by atoms with Gasteiger partial charge in [0.25, 0.3) is 0 Å². The van der Waals surface area contributed by atoms with Crippen LogP contribution in [0.2, 0.25) is 0 Å². The second-order valence-electron chi connectivity index (χ2n) is 5.37. The lowest BCUT2D eigenvalue weighted by molar-refractivity contribution is -0.131. The van der Waals surface area contributed by atoms with Crippen LogP contribution in [-0.4, -0.2) is 41.7 Å². The first-order valence-corrected chi connectivity index (χ1v) is 7.58. The molecule has 21 heavy (non-hydrogen) atoms. The molecule has 0 saturated carbocycles. The van der Waals surface area contributed by atoms with Crippen LogP contribution in [0.3, 0.4) is 0 Å². The third-order valence-electron chi connectivity index (χ3n) is 3.72. The Morgan fingerprint density at radius 2 is 2.14 bits per heavy atom. The van der Waals surface area contributed by atoms with Crippen LogP contribution in [0.25, 0.3) is 0 Å². The van der Waals surface area contributed by atoms with Crippen molar-refractivity contribution in [1.82, 2.24) is 10.2 Å². The summed E-state index contributed by atoms with van der Waals surface area (Å²) in [4.78, 5) is 14.1. The zero-order chi connectivity index (χ0) is 15.2. The molecule has 1 fully saturated rings. The highest BCUT2D eigenvalue weighted by Crippen LogP contribution is 2.26. The molecular weight excluding hydrogens is 268 g/mol. The van der Waals surface area contributed by atoms with Crippen molar-refractivity contribution >= 4 is 5.91 Å². The Kier molecular flexibility index (Phi) is 5.44. The number of rotatable bonds is 6. The molecule has 1 aromatic carbocycles. The summed E-state index contributed by atoms with van der Waals surface area (Å²) in [5, 5.41) is 12.9. The molecule has 0 spiro atoms. The van der Waals surface area contributed by atoms with Crippen LogP contribution < -0.4 is 10.1 Å². The van der Waals surface area contributed by atoms with Gasteiger partial charge < -0.3 is 20.1 Å². The first-order valence-electron chi connectivity index (χ1n) is 7.58. The standard InChI is InChI=1S/C16H24N2O3/c1-3-21-15-10-13(6-7-14(15)19)11-17-12(2)16(20)18-8-4-5-9-18/h6-7,10,12,17,19H,3-5,8-9,11H2,1-2H3. The maximum atomic E-state index is 12.2. The third-order valence-corrected chi connectivity index (χ3v) is 3.72. The number of phenolic OH excluding ortho intramolecular Hbond substituents is 1. The molecule has 1 saturated heterocycles. The second kappa shape index (κ2) is 7.31. The molecule has 2 N–H and O–H groups in total. The Labute approximate surface area is 125 Å². The quantitative estimate of drug-likeness (QED) is 0.840. The maximum absolute atomic E-state index is 12.2. The van der Waals surface area contributed by atoms with Gasteiger partial charge in [-0.3, -0.25) is 4.79 Å². The summed E-state index contributed by atoms with van der Waals surface area (Å²) >= 11 is 0. The lowest BCUT2D eigenvalue weighted by Crippen LogP contribution is -2.43. The summed E-state index contributed by atoms with van der Waals surface area (Å²) in [5.74, 6) is 0.786. The zero-order valence-electron chi connectivity index (χ0n) is 12.8. The van der Waals surface area contributed by atoms with Gasteiger partial charge in [-0.1, -0.05) is 6.07 Å². The second-order valence-corrected chi connectivity index (χ2v) is 5.37. The molecule has 0 aliphatic carbocycles. The summed E-state index contributed by atoms with van der Waals surface area (Å²) in [6, 6.07) is 5.05. The van der Waals surface area contributed by atoms with Crippen LogP contribution in [0, 0.1) is 0 Å². The van der Waals surface area contributed by atoms with Gasteiger partial charge in [-0.05, 0) is 44.4 Å². The van der Waals surface area contributed by atoms with E-state index in [1.54, 1.807) is 12.1 Å². The largest absolute Gasteiger partial charge is 0.504 e. The molecule has 0 bridgehead atoms. The van der Waals surface area contributed by atoms with Crippen LogP contribution in [0.4, 0.5) is 0 Å². The predicted octanol–water partition coefficient (Wildman–Crippen LogP) is 1.89. The molecule has 1 amide bonds. The van der Waals surface area contributed by atoms with Crippen molar-refractivity contribution in [2.24, 2.45) is 0 Å². The van der Waals surface area contributed by atoms with Gasteiger partial charge in [0.15, 0.2) is 11.5 Å². The molecule has 5 heteroatoms. The molecule has 1 aliphatic rings. The number of likely N-dealkylation sites (tertiary alicyclic amines) is 1. The van der Waals surface area contributed by atoms with Crippen molar-refractivity contribution in [2.75, 3.05) is 19.7 Å². The van der Waals surface area contributed by atoms with Crippen LogP contribution in [0.5, 0.6) is 11.5 Å². The van der Waals surface area contributed by atoms with Crippen LogP contribution >= 0.6 is 0 Å². The number of nitrogens with zero attached hydrogens (tertiary/aromatic N) is 1. The number of hydrogen-bond donors (Lipinski definition) is 2. The summed E-state index contributed by atoms with van der Waals surface area (Å²) < 4.78 is 5.36. The minimum absolute atomic E-state index is 0.141. The smallest absolute Gasteiger partial charge is 0.239 e. The van der Waals surface area contributed by atoms with E-state index < -0.39 is 0 Å². The highest BCUT2D eigenvalue weighted by atomic mass is 16.5. The number of benzene rings is 1. The van der Waals surface area contributed by atoms with Gasteiger partial charge in [0, 0.05) is 19.6 Å². The number of nitrogens with one attached hydrogen (secondary N) is 1. The van der Waals surface area contributed by atoms with Crippen molar-refractivity contribution in [2.45, 2.75) is 39.3 Å². The highest BCUT2D eigenvalue weighted by Gasteiger charge is 2.22. The Hall–Kier alpha value is -1.75. The molecule has 0 aromatic heterocycles. The molecule has 1 aliphatic heterocycles. The molecule has 5 nitrogen and oxygen atoms in total. The van der Waals surface area contributed by atoms with E-state index in [1.807, 2.05) is 24.8 Å². The van der Waals surface area contributed by atoms with Gasteiger partial charge in [-0.25, -0.2) is 0 Å². The van der Waals surface area contributed by atoms with E-state index in [2.05, 4.69) is 5.32 Å². The third kappa shape index (κ3) is 4.11. The van der Waals surface area contributed by atoms with Crippen molar-refractivity contribution in [3.63, 3.8) is 0 Å². The normalized spacial score (nSPS) is 16.0. The monoisotopic (exact) mass is 292 g/mol. The van der Waals surface area contributed by atoms with Crippen LogP contribution in [0.1, 0.15) is 32.3 Å².